The number of unbranched alkanes of at least 4 members (excludes halogenated alkanes) is 16. The van der Waals surface area contributed by atoms with Crippen molar-refractivity contribution in [2.45, 2.75) is 174 Å². The molecule has 0 saturated heterocycles. The van der Waals surface area contributed by atoms with E-state index in [1.807, 2.05) is 6.92 Å². The van der Waals surface area contributed by atoms with Gasteiger partial charge in [-0.15, -0.1) is 0 Å². The highest BCUT2D eigenvalue weighted by Gasteiger charge is 2.32. The van der Waals surface area contributed by atoms with Gasteiger partial charge in [0, 0.05) is 6.42 Å². The molecule has 248 valence electrons. The number of carbonyl (C=O) groups excluding carboxylic acids is 2. The highest BCUT2D eigenvalue weighted by Crippen LogP contribution is 2.14. The van der Waals surface area contributed by atoms with Crippen LogP contribution in [0.4, 0.5) is 0 Å². The molecule has 0 fully saturated rings. The van der Waals surface area contributed by atoms with Gasteiger partial charge in [0.05, 0.1) is 6.04 Å². The number of aliphatic carboxylic acids is 1. The van der Waals surface area contributed by atoms with E-state index in [4.69, 9.17) is 11.5 Å². The molecule has 0 aromatic carbocycles. The standard InChI is InChI=1S/C33H67N5O4/c1-3-5-7-8-9-10-11-12-13-14-15-16-17-22-28-36-29(23-18-20-26-34)32(40)37-38(31(39)25-6-4-2)30(33(41)42)24-19-21-27-35/h29-30,36H,3-28,34-35H2,1-2H3,(H,37,40)(H,41,42). The van der Waals surface area contributed by atoms with Gasteiger partial charge in [-0.1, -0.05) is 110 Å². The number of carboxylic acids is 1. The first-order chi connectivity index (χ1) is 20.4. The number of hydrogen-bond donors (Lipinski definition) is 5. The fourth-order valence-corrected chi connectivity index (χ4v) is 5.22. The van der Waals surface area contributed by atoms with Crippen molar-refractivity contribution in [3.63, 3.8) is 0 Å². The molecule has 0 aliphatic rings. The van der Waals surface area contributed by atoms with E-state index in [0.29, 0.717) is 45.3 Å². The number of carbonyl (C=O) groups is 3. The minimum absolute atomic E-state index is 0.196. The molecule has 0 bridgehead atoms. The molecule has 0 aromatic heterocycles. The largest absolute Gasteiger partial charge is 0.480 e. The predicted molar refractivity (Wildman–Crippen MR) is 174 cm³/mol. The molecule has 42 heavy (non-hydrogen) atoms. The van der Waals surface area contributed by atoms with Gasteiger partial charge < -0.3 is 21.9 Å². The van der Waals surface area contributed by atoms with Crippen LogP contribution < -0.4 is 22.2 Å². The molecule has 0 aliphatic heterocycles. The molecule has 9 nitrogen and oxygen atoms in total. The van der Waals surface area contributed by atoms with Crippen molar-refractivity contribution in [1.82, 2.24) is 15.8 Å². The Morgan fingerprint density at radius 3 is 1.60 bits per heavy atom. The highest BCUT2D eigenvalue weighted by molar-refractivity contribution is 5.88. The Kier molecular flexibility index (Phi) is 28.2. The predicted octanol–water partition coefficient (Wildman–Crippen LogP) is 6.19. The summed E-state index contributed by atoms with van der Waals surface area (Å²) in [4.78, 5) is 38.4. The normalized spacial score (nSPS) is 12.7. The third kappa shape index (κ3) is 21.9. The Bertz CT molecular complexity index is 664. The topological polar surface area (TPSA) is 151 Å². The Morgan fingerprint density at radius 1 is 0.643 bits per heavy atom. The number of nitrogens with zero attached hydrogens (tertiary/aromatic N) is 1. The van der Waals surface area contributed by atoms with E-state index in [1.165, 1.54) is 77.0 Å². The van der Waals surface area contributed by atoms with Crippen LogP contribution in [0.3, 0.4) is 0 Å². The van der Waals surface area contributed by atoms with Crippen molar-refractivity contribution in [3.05, 3.63) is 0 Å². The van der Waals surface area contributed by atoms with Crippen LogP contribution in [-0.4, -0.2) is 59.6 Å². The number of hydrazine groups is 1. The second kappa shape index (κ2) is 29.4. The molecular weight excluding hydrogens is 530 g/mol. The first kappa shape index (κ1) is 40.3. The highest BCUT2D eigenvalue weighted by atomic mass is 16.4. The number of nitrogens with one attached hydrogen (secondary N) is 2. The number of amides is 2. The van der Waals surface area contributed by atoms with E-state index < -0.39 is 18.1 Å². The van der Waals surface area contributed by atoms with E-state index >= 15 is 0 Å². The zero-order valence-electron chi connectivity index (χ0n) is 27.3. The van der Waals surface area contributed by atoms with Crippen LogP contribution in [0.15, 0.2) is 0 Å². The molecule has 2 unspecified atom stereocenters. The summed E-state index contributed by atoms with van der Waals surface area (Å²) in [5.41, 5.74) is 14.0. The maximum absolute atomic E-state index is 13.4. The van der Waals surface area contributed by atoms with E-state index in [0.717, 1.165) is 37.1 Å². The Morgan fingerprint density at radius 2 is 1.12 bits per heavy atom. The Balaban J connectivity index is 4.68. The molecule has 0 rings (SSSR count). The van der Waals surface area contributed by atoms with Crippen LogP contribution in [0, 0.1) is 0 Å². The van der Waals surface area contributed by atoms with Crippen molar-refractivity contribution in [2.24, 2.45) is 11.5 Å². The lowest BCUT2D eigenvalue weighted by Crippen LogP contribution is -2.58. The maximum atomic E-state index is 13.4. The van der Waals surface area contributed by atoms with Gasteiger partial charge in [0.1, 0.15) is 0 Å². The molecule has 9 heteroatoms. The summed E-state index contributed by atoms with van der Waals surface area (Å²) in [6.45, 7) is 5.95. The number of hydrogen-bond acceptors (Lipinski definition) is 6. The fourth-order valence-electron chi connectivity index (χ4n) is 5.22. The summed E-state index contributed by atoms with van der Waals surface area (Å²) >= 11 is 0. The van der Waals surface area contributed by atoms with Crippen molar-refractivity contribution in [3.8, 4) is 0 Å². The Labute approximate surface area is 257 Å². The van der Waals surface area contributed by atoms with Crippen LogP contribution in [-0.2, 0) is 14.4 Å². The monoisotopic (exact) mass is 598 g/mol. The van der Waals surface area contributed by atoms with Crippen molar-refractivity contribution >= 4 is 17.8 Å². The van der Waals surface area contributed by atoms with E-state index in [1.54, 1.807) is 0 Å². The molecule has 0 aliphatic carbocycles. The first-order valence-corrected chi connectivity index (χ1v) is 17.4. The molecule has 0 spiro atoms. The van der Waals surface area contributed by atoms with Crippen LogP contribution >= 0.6 is 0 Å². The zero-order valence-corrected chi connectivity index (χ0v) is 27.3. The summed E-state index contributed by atoms with van der Waals surface area (Å²) in [5, 5.41) is 14.3. The van der Waals surface area contributed by atoms with Crippen LogP contribution in [0.25, 0.3) is 0 Å². The Hall–Kier alpha value is -1.71. The van der Waals surface area contributed by atoms with Crippen molar-refractivity contribution < 1.29 is 19.5 Å². The van der Waals surface area contributed by atoms with Crippen LogP contribution in [0.2, 0.25) is 0 Å². The third-order valence-corrected chi connectivity index (χ3v) is 7.96. The molecule has 0 heterocycles. The van der Waals surface area contributed by atoms with Crippen molar-refractivity contribution in [2.75, 3.05) is 19.6 Å². The molecule has 0 radical (unpaired) electrons. The third-order valence-electron chi connectivity index (χ3n) is 7.96. The minimum Gasteiger partial charge on any atom is -0.480 e. The van der Waals surface area contributed by atoms with E-state index in [9.17, 15) is 19.5 Å². The van der Waals surface area contributed by atoms with Gasteiger partial charge in [0.2, 0.25) is 5.91 Å². The quantitative estimate of drug-likeness (QED) is 0.0489. The second-order valence-corrected chi connectivity index (χ2v) is 11.9. The van der Waals surface area contributed by atoms with Crippen LogP contribution in [0.1, 0.15) is 162 Å². The van der Waals surface area contributed by atoms with Crippen molar-refractivity contribution in [1.29, 1.82) is 0 Å². The molecule has 7 N–H and O–H groups in total. The number of nitrogens with two attached hydrogens (primary N) is 2. The van der Waals surface area contributed by atoms with Gasteiger partial charge in [-0.2, -0.15) is 0 Å². The summed E-state index contributed by atoms with van der Waals surface area (Å²) < 4.78 is 0. The van der Waals surface area contributed by atoms with Gasteiger partial charge in [0.25, 0.3) is 5.91 Å². The molecule has 2 atom stereocenters. The van der Waals surface area contributed by atoms with Gasteiger partial charge in [0.15, 0.2) is 6.04 Å². The number of carboxylic acid groups (broad SMARTS) is 1. The zero-order chi connectivity index (χ0) is 31.3. The second-order valence-electron chi connectivity index (χ2n) is 11.9. The minimum atomic E-state index is -1.12. The van der Waals surface area contributed by atoms with Gasteiger partial charge in [-0.05, 0) is 64.6 Å². The first-order valence-electron chi connectivity index (χ1n) is 17.4. The average molecular weight is 598 g/mol. The summed E-state index contributed by atoms with van der Waals surface area (Å²) in [7, 11) is 0. The smallest absolute Gasteiger partial charge is 0.328 e. The molecule has 0 saturated carbocycles. The SMILES string of the molecule is CCCCCCCCCCCCCCCCNC(CCCCN)C(=O)NN(C(=O)CCCC)C(CCCCN)C(=O)O. The lowest BCUT2D eigenvalue weighted by atomic mass is 10.0. The van der Waals surface area contributed by atoms with Gasteiger partial charge in [-0.25, -0.2) is 9.80 Å². The fraction of sp³-hybridized carbons (Fsp3) is 0.909. The molecule has 0 aromatic rings. The molecule has 2 amide bonds. The lowest BCUT2D eigenvalue weighted by molar-refractivity contribution is -0.157. The average Bonchev–Trinajstić information content (AvgIpc) is 2.98. The molecular formula is C33H67N5O4. The van der Waals surface area contributed by atoms with E-state index in [-0.39, 0.29) is 24.7 Å². The van der Waals surface area contributed by atoms with Gasteiger partial charge >= 0.3 is 5.97 Å². The van der Waals surface area contributed by atoms with Gasteiger partial charge in [-0.3, -0.25) is 15.0 Å². The lowest BCUT2D eigenvalue weighted by Gasteiger charge is -2.31. The summed E-state index contributed by atoms with van der Waals surface area (Å²) in [6.07, 6.45) is 23.4. The van der Waals surface area contributed by atoms with Crippen LogP contribution in [0.5, 0.6) is 0 Å². The maximum Gasteiger partial charge on any atom is 0.328 e. The summed E-state index contributed by atoms with van der Waals surface area (Å²) in [5.74, 6) is -1.84. The van der Waals surface area contributed by atoms with E-state index in [2.05, 4.69) is 17.7 Å². The summed E-state index contributed by atoms with van der Waals surface area (Å²) in [6, 6.07) is -1.61. The number of rotatable bonds is 30.